The van der Waals surface area contributed by atoms with E-state index in [1.165, 1.54) is 0 Å². The molecule has 3 N–H and O–H groups in total. The van der Waals surface area contributed by atoms with Gasteiger partial charge < -0.3 is 15.8 Å². The van der Waals surface area contributed by atoms with Gasteiger partial charge in [0.1, 0.15) is 5.84 Å². The lowest BCUT2D eigenvalue weighted by Gasteiger charge is -2.38. The van der Waals surface area contributed by atoms with E-state index in [1.807, 2.05) is 29.3 Å². The molecule has 1 saturated heterocycles. The molecule has 0 aromatic carbocycles. The van der Waals surface area contributed by atoms with Crippen LogP contribution in [0.15, 0.2) is 22.7 Å². The van der Waals surface area contributed by atoms with Crippen LogP contribution in [0.3, 0.4) is 0 Å². The van der Waals surface area contributed by atoms with Crippen LogP contribution in [-0.4, -0.2) is 34.9 Å². The second-order valence-electron chi connectivity index (χ2n) is 5.18. The molecule has 104 valence electrons. The van der Waals surface area contributed by atoms with Crippen molar-refractivity contribution in [2.24, 2.45) is 16.3 Å². The molecule has 1 aromatic rings. The Kier molecular flexibility index (Phi) is 4.09. The zero-order valence-electron chi connectivity index (χ0n) is 11.0. The lowest BCUT2D eigenvalue weighted by atomic mass is 9.79. The maximum Gasteiger partial charge on any atom is 0.227 e. The number of rotatable bonds is 3. The van der Waals surface area contributed by atoms with Crippen molar-refractivity contribution in [2.75, 3.05) is 13.1 Å². The Balaban J connectivity index is 1.91. The molecular formula is C13H19N3O2S. The fourth-order valence-corrected chi connectivity index (χ4v) is 3.00. The number of amidine groups is 1. The summed E-state index contributed by atoms with van der Waals surface area (Å²) in [6.07, 6.45) is 1.94. The van der Waals surface area contributed by atoms with Gasteiger partial charge in [-0.3, -0.25) is 4.79 Å². The van der Waals surface area contributed by atoms with Crippen molar-refractivity contribution in [1.82, 2.24) is 4.90 Å². The standard InChI is InChI=1S/C13H19N3O2S/c1-13(12(14)15-18)4-6-16(7-5-13)11(17)9-10-3-2-8-19-10/h2-3,8,18H,4-7,9H2,1H3,(H2,14,15). The molecule has 0 saturated carbocycles. The highest BCUT2D eigenvalue weighted by molar-refractivity contribution is 7.10. The number of amides is 1. The van der Waals surface area contributed by atoms with Crippen LogP contribution in [0.1, 0.15) is 24.6 Å². The summed E-state index contributed by atoms with van der Waals surface area (Å²) in [6.45, 7) is 3.30. The van der Waals surface area contributed by atoms with Gasteiger partial charge in [0.15, 0.2) is 0 Å². The van der Waals surface area contributed by atoms with Crippen LogP contribution in [0.5, 0.6) is 0 Å². The molecule has 1 aromatic heterocycles. The number of nitrogens with two attached hydrogens (primary N) is 1. The zero-order valence-corrected chi connectivity index (χ0v) is 11.8. The number of piperidine rings is 1. The molecule has 0 unspecified atom stereocenters. The van der Waals surface area contributed by atoms with Crippen molar-refractivity contribution in [3.05, 3.63) is 22.4 Å². The lowest BCUT2D eigenvalue weighted by molar-refractivity contribution is -0.132. The van der Waals surface area contributed by atoms with Crippen molar-refractivity contribution in [3.8, 4) is 0 Å². The number of oxime groups is 1. The zero-order chi connectivity index (χ0) is 13.9. The van der Waals surface area contributed by atoms with Crippen molar-refractivity contribution < 1.29 is 10.0 Å². The summed E-state index contributed by atoms with van der Waals surface area (Å²) in [7, 11) is 0. The van der Waals surface area contributed by atoms with Gasteiger partial charge in [0.05, 0.1) is 6.42 Å². The molecule has 6 heteroatoms. The summed E-state index contributed by atoms with van der Waals surface area (Å²) in [4.78, 5) is 15.1. The largest absolute Gasteiger partial charge is 0.409 e. The van der Waals surface area contributed by atoms with E-state index in [9.17, 15) is 4.79 Å². The average molecular weight is 281 g/mol. The minimum Gasteiger partial charge on any atom is -0.409 e. The summed E-state index contributed by atoms with van der Waals surface area (Å²) >= 11 is 1.60. The van der Waals surface area contributed by atoms with Crippen LogP contribution in [-0.2, 0) is 11.2 Å². The number of carbonyl (C=O) groups excluding carboxylic acids is 1. The molecule has 0 aliphatic carbocycles. The van der Waals surface area contributed by atoms with Gasteiger partial charge in [-0.05, 0) is 24.3 Å². The Morgan fingerprint density at radius 1 is 1.58 bits per heavy atom. The molecule has 0 spiro atoms. The van der Waals surface area contributed by atoms with E-state index in [-0.39, 0.29) is 17.2 Å². The quantitative estimate of drug-likeness (QED) is 0.383. The molecule has 0 atom stereocenters. The highest BCUT2D eigenvalue weighted by Gasteiger charge is 2.35. The number of hydrogen-bond acceptors (Lipinski definition) is 4. The molecule has 2 heterocycles. The van der Waals surface area contributed by atoms with E-state index in [2.05, 4.69) is 5.16 Å². The van der Waals surface area contributed by atoms with Gasteiger partial charge in [-0.1, -0.05) is 18.1 Å². The minimum atomic E-state index is -0.297. The van der Waals surface area contributed by atoms with Gasteiger partial charge in [0.25, 0.3) is 0 Å². The first-order valence-electron chi connectivity index (χ1n) is 6.33. The van der Waals surface area contributed by atoms with Crippen molar-refractivity contribution in [1.29, 1.82) is 0 Å². The van der Waals surface area contributed by atoms with Crippen LogP contribution < -0.4 is 5.73 Å². The number of hydrogen-bond donors (Lipinski definition) is 2. The minimum absolute atomic E-state index is 0.156. The van der Waals surface area contributed by atoms with Gasteiger partial charge >= 0.3 is 0 Å². The van der Waals surface area contributed by atoms with Crippen molar-refractivity contribution in [2.45, 2.75) is 26.2 Å². The SMILES string of the molecule is CC1(/C(N)=N/O)CCN(C(=O)Cc2cccs2)CC1. The van der Waals surface area contributed by atoms with Gasteiger partial charge in [0.2, 0.25) is 5.91 Å². The maximum atomic E-state index is 12.1. The first-order valence-corrected chi connectivity index (χ1v) is 7.21. The first-order chi connectivity index (χ1) is 9.05. The molecule has 0 radical (unpaired) electrons. The third-order valence-corrected chi connectivity index (χ3v) is 4.73. The van der Waals surface area contributed by atoms with E-state index in [1.54, 1.807) is 11.3 Å². The van der Waals surface area contributed by atoms with Gasteiger partial charge in [-0.15, -0.1) is 11.3 Å². The maximum absolute atomic E-state index is 12.1. The average Bonchev–Trinajstić information content (AvgIpc) is 2.91. The highest BCUT2D eigenvalue weighted by atomic mass is 32.1. The van der Waals surface area contributed by atoms with E-state index in [0.29, 0.717) is 19.5 Å². The summed E-state index contributed by atoms with van der Waals surface area (Å²) < 4.78 is 0. The smallest absolute Gasteiger partial charge is 0.227 e. The van der Waals surface area contributed by atoms with Gasteiger partial charge in [0, 0.05) is 23.4 Å². The molecule has 2 rings (SSSR count). The van der Waals surface area contributed by atoms with Crippen LogP contribution in [0, 0.1) is 5.41 Å². The van der Waals surface area contributed by atoms with E-state index in [4.69, 9.17) is 10.9 Å². The lowest BCUT2D eigenvalue weighted by Crippen LogP contribution is -2.47. The number of likely N-dealkylation sites (tertiary alicyclic amines) is 1. The summed E-state index contributed by atoms with van der Waals surface area (Å²) in [5, 5.41) is 13.9. The molecular weight excluding hydrogens is 262 g/mol. The number of carbonyl (C=O) groups is 1. The molecule has 1 amide bonds. The normalized spacial score (nSPS) is 19.4. The van der Waals surface area contributed by atoms with Crippen LogP contribution in [0.25, 0.3) is 0 Å². The van der Waals surface area contributed by atoms with Gasteiger partial charge in [-0.2, -0.15) is 0 Å². The number of thiophene rings is 1. The Hall–Kier alpha value is -1.56. The summed E-state index contributed by atoms with van der Waals surface area (Å²) in [5.41, 5.74) is 5.41. The summed E-state index contributed by atoms with van der Waals surface area (Å²) in [5.74, 6) is 0.418. The third kappa shape index (κ3) is 3.07. The Morgan fingerprint density at radius 3 is 2.79 bits per heavy atom. The highest BCUT2D eigenvalue weighted by Crippen LogP contribution is 2.31. The van der Waals surface area contributed by atoms with Crippen LogP contribution in [0.2, 0.25) is 0 Å². The topological polar surface area (TPSA) is 78.9 Å². The molecule has 19 heavy (non-hydrogen) atoms. The second kappa shape index (κ2) is 5.61. The second-order valence-corrected chi connectivity index (χ2v) is 6.22. The van der Waals surface area contributed by atoms with Crippen molar-refractivity contribution >= 4 is 23.1 Å². The van der Waals surface area contributed by atoms with Crippen LogP contribution >= 0.6 is 11.3 Å². The predicted molar refractivity (Wildman–Crippen MR) is 75.4 cm³/mol. The third-order valence-electron chi connectivity index (χ3n) is 3.85. The fourth-order valence-electron chi connectivity index (χ4n) is 2.30. The Morgan fingerprint density at radius 2 is 2.26 bits per heavy atom. The summed E-state index contributed by atoms with van der Waals surface area (Å²) in [6, 6.07) is 3.94. The molecule has 1 aliphatic heterocycles. The predicted octanol–water partition coefficient (Wildman–Crippen LogP) is 1.67. The van der Waals surface area contributed by atoms with Gasteiger partial charge in [-0.25, -0.2) is 0 Å². The van der Waals surface area contributed by atoms with E-state index >= 15 is 0 Å². The molecule has 0 bridgehead atoms. The monoisotopic (exact) mass is 281 g/mol. The number of nitrogens with zero attached hydrogens (tertiary/aromatic N) is 2. The van der Waals surface area contributed by atoms with Crippen molar-refractivity contribution in [3.63, 3.8) is 0 Å². The van der Waals surface area contributed by atoms with E-state index < -0.39 is 0 Å². The molecule has 1 fully saturated rings. The Labute approximate surface area is 116 Å². The Bertz CT molecular complexity index is 462. The molecule has 1 aliphatic rings. The van der Waals surface area contributed by atoms with E-state index in [0.717, 1.165) is 17.7 Å². The molecule has 5 nitrogen and oxygen atoms in total. The fraction of sp³-hybridized carbons (Fsp3) is 0.538. The first kappa shape index (κ1) is 13.9. The van der Waals surface area contributed by atoms with Crippen LogP contribution in [0.4, 0.5) is 0 Å².